The Kier molecular flexibility index (Phi) is 6.26. The molecule has 1 saturated carbocycles. The summed E-state index contributed by atoms with van der Waals surface area (Å²) < 4.78 is 33.6. The summed E-state index contributed by atoms with van der Waals surface area (Å²) in [5.41, 5.74) is -0.278. The van der Waals surface area contributed by atoms with Crippen molar-refractivity contribution in [3.8, 4) is 5.75 Å². The molecule has 1 atom stereocenters. The molecule has 152 valence electrons. The lowest BCUT2D eigenvalue weighted by Gasteiger charge is -2.32. The zero-order valence-electron chi connectivity index (χ0n) is 17.4. The van der Waals surface area contributed by atoms with Crippen LogP contribution in [0.5, 0.6) is 5.75 Å². The van der Waals surface area contributed by atoms with E-state index in [9.17, 15) is 13.2 Å². The first kappa shape index (κ1) is 21.7. The van der Waals surface area contributed by atoms with E-state index in [1.54, 1.807) is 32.9 Å². The number of carbonyl (C=O) groups is 1. The van der Waals surface area contributed by atoms with Crippen molar-refractivity contribution >= 4 is 15.9 Å². The Hall–Kier alpha value is -1.60. The summed E-state index contributed by atoms with van der Waals surface area (Å²) >= 11 is 0. The van der Waals surface area contributed by atoms with Crippen molar-refractivity contribution in [2.24, 2.45) is 5.92 Å². The molecule has 0 aromatic heterocycles. The highest BCUT2D eigenvalue weighted by atomic mass is 32.2. The molecule has 0 heterocycles. The van der Waals surface area contributed by atoms with Crippen LogP contribution in [0.4, 0.5) is 0 Å². The van der Waals surface area contributed by atoms with E-state index >= 15 is 0 Å². The van der Waals surface area contributed by atoms with Gasteiger partial charge in [0.25, 0.3) is 5.91 Å². The second-order valence-electron chi connectivity index (χ2n) is 8.65. The Bertz CT molecular complexity index is 793. The maximum atomic E-state index is 13.2. The molecule has 7 heteroatoms. The summed E-state index contributed by atoms with van der Waals surface area (Å²) in [4.78, 5) is 15.1. The lowest BCUT2D eigenvalue weighted by molar-refractivity contribution is 0.0627. The van der Waals surface area contributed by atoms with Gasteiger partial charge in [-0.1, -0.05) is 13.8 Å². The fourth-order valence-corrected chi connectivity index (χ4v) is 4.60. The van der Waals surface area contributed by atoms with Gasteiger partial charge in [0.1, 0.15) is 10.6 Å². The van der Waals surface area contributed by atoms with Crippen LogP contribution in [0.15, 0.2) is 23.1 Å². The smallest absolute Gasteiger partial charge is 0.254 e. The van der Waals surface area contributed by atoms with E-state index in [-0.39, 0.29) is 28.6 Å². The number of methoxy groups -OCH3 is 1. The second-order valence-corrected chi connectivity index (χ2v) is 10.3. The molecule has 0 aliphatic heterocycles. The van der Waals surface area contributed by atoms with Crippen LogP contribution in [-0.4, -0.2) is 44.0 Å². The summed E-state index contributed by atoms with van der Waals surface area (Å²) in [7, 11) is -2.41. The van der Waals surface area contributed by atoms with Gasteiger partial charge in [0, 0.05) is 23.2 Å². The van der Waals surface area contributed by atoms with E-state index < -0.39 is 15.6 Å². The fourth-order valence-electron chi connectivity index (χ4n) is 2.98. The first-order valence-electron chi connectivity index (χ1n) is 9.42. The molecule has 0 radical (unpaired) electrons. The molecule has 1 N–H and O–H groups in total. The normalized spacial score (nSPS) is 16.3. The van der Waals surface area contributed by atoms with Crippen molar-refractivity contribution in [1.82, 2.24) is 9.62 Å². The number of nitrogens with one attached hydrogen (secondary N) is 1. The minimum absolute atomic E-state index is 0.0151. The maximum Gasteiger partial charge on any atom is 0.254 e. The molecule has 1 aliphatic rings. The molecule has 27 heavy (non-hydrogen) atoms. The molecule has 1 aromatic rings. The SMILES string of the molecule is COc1ccc(C(=O)N(C2CC2)C(C)C(C)C)cc1S(=O)(=O)NC(C)(C)C. The van der Waals surface area contributed by atoms with E-state index in [1.165, 1.54) is 13.2 Å². The Morgan fingerprint density at radius 3 is 2.26 bits per heavy atom. The molecule has 1 amide bonds. The average Bonchev–Trinajstić information content (AvgIpc) is 3.36. The third-order valence-corrected chi connectivity index (χ3v) is 6.50. The topological polar surface area (TPSA) is 75.7 Å². The van der Waals surface area contributed by atoms with Gasteiger partial charge >= 0.3 is 0 Å². The molecule has 1 unspecified atom stereocenters. The molecule has 0 bridgehead atoms. The van der Waals surface area contributed by atoms with Crippen LogP contribution in [0.2, 0.25) is 0 Å². The maximum absolute atomic E-state index is 13.2. The fraction of sp³-hybridized carbons (Fsp3) is 0.650. The van der Waals surface area contributed by atoms with Crippen LogP contribution in [0.1, 0.15) is 64.7 Å². The van der Waals surface area contributed by atoms with Gasteiger partial charge in [0.05, 0.1) is 7.11 Å². The molecule has 1 fully saturated rings. The number of amides is 1. The zero-order valence-corrected chi connectivity index (χ0v) is 18.2. The molecule has 6 nitrogen and oxygen atoms in total. The van der Waals surface area contributed by atoms with Crippen LogP contribution in [0, 0.1) is 5.92 Å². The Labute approximate surface area is 163 Å². The highest BCUT2D eigenvalue weighted by Crippen LogP contribution is 2.33. The van der Waals surface area contributed by atoms with Gasteiger partial charge < -0.3 is 9.64 Å². The lowest BCUT2D eigenvalue weighted by atomic mass is 10.0. The van der Waals surface area contributed by atoms with Gasteiger partial charge in [-0.25, -0.2) is 13.1 Å². The number of carbonyl (C=O) groups excluding carboxylic acids is 1. The summed E-state index contributed by atoms with van der Waals surface area (Å²) in [6.07, 6.45) is 1.99. The van der Waals surface area contributed by atoms with Gasteiger partial charge in [-0.15, -0.1) is 0 Å². The van der Waals surface area contributed by atoms with Crippen molar-refractivity contribution in [3.63, 3.8) is 0 Å². The van der Waals surface area contributed by atoms with E-state index in [2.05, 4.69) is 18.6 Å². The number of hydrogen-bond donors (Lipinski definition) is 1. The van der Waals surface area contributed by atoms with Gasteiger partial charge in [0.15, 0.2) is 0 Å². The summed E-state index contributed by atoms with van der Waals surface area (Å²) in [5, 5.41) is 0. The minimum Gasteiger partial charge on any atom is -0.495 e. The predicted molar refractivity (Wildman–Crippen MR) is 107 cm³/mol. The Morgan fingerprint density at radius 2 is 1.81 bits per heavy atom. The summed E-state index contributed by atoms with van der Waals surface area (Å²) in [6, 6.07) is 4.94. The molecule has 0 spiro atoms. The largest absolute Gasteiger partial charge is 0.495 e. The molecule has 2 rings (SSSR count). The third kappa shape index (κ3) is 5.23. The molecule has 1 aromatic carbocycles. The first-order chi connectivity index (χ1) is 12.4. The summed E-state index contributed by atoms with van der Waals surface area (Å²) in [5.74, 6) is 0.408. The number of benzene rings is 1. The van der Waals surface area contributed by atoms with Crippen molar-refractivity contribution in [2.45, 2.75) is 76.9 Å². The van der Waals surface area contributed by atoms with Crippen molar-refractivity contribution in [1.29, 1.82) is 0 Å². The average molecular weight is 397 g/mol. The minimum atomic E-state index is -3.83. The van der Waals surface area contributed by atoms with Gasteiger partial charge in [-0.2, -0.15) is 0 Å². The van der Waals surface area contributed by atoms with Crippen LogP contribution in [0.25, 0.3) is 0 Å². The van der Waals surface area contributed by atoms with E-state index in [0.29, 0.717) is 11.5 Å². The zero-order chi connectivity index (χ0) is 20.6. The monoisotopic (exact) mass is 396 g/mol. The number of ether oxygens (including phenoxy) is 1. The third-order valence-electron chi connectivity index (χ3n) is 4.72. The molecular formula is C20H32N2O4S. The van der Waals surface area contributed by atoms with E-state index in [1.807, 2.05) is 11.8 Å². The highest BCUT2D eigenvalue weighted by Gasteiger charge is 2.37. The van der Waals surface area contributed by atoms with Crippen LogP contribution >= 0.6 is 0 Å². The number of nitrogens with zero attached hydrogens (tertiary/aromatic N) is 1. The van der Waals surface area contributed by atoms with E-state index in [4.69, 9.17) is 4.74 Å². The number of sulfonamides is 1. The second kappa shape index (κ2) is 7.80. The summed E-state index contributed by atoms with van der Waals surface area (Å²) in [6.45, 7) is 11.5. The van der Waals surface area contributed by atoms with Crippen molar-refractivity contribution in [2.75, 3.05) is 7.11 Å². The van der Waals surface area contributed by atoms with Crippen LogP contribution in [0.3, 0.4) is 0 Å². The number of hydrogen-bond acceptors (Lipinski definition) is 4. The van der Waals surface area contributed by atoms with E-state index in [0.717, 1.165) is 12.8 Å². The van der Waals surface area contributed by atoms with Crippen molar-refractivity contribution < 1.29 is 17.9 Å². The quantitative estimate of drug-likeness (QED) is 0.766. The van der Waals surface area contributed by atoms with Crippen LogP contribution in [-0.2, 0) is 10.0 Å². The highest BCUT2D eigenvalue weighted by molar-refractivity contribution is 7.89. The first-order valence-corrected chi connectivity index (χ1v) is 10.9. The predicted octanol–water partition coefficient (Wildman–Crippen LogP) is 3.42. The van der Waals surface area contributed by atoms with Gasteiger partial charge in [0.2, 0.25) is 10.0 Å². The Morgan fingerprint density at radius 1 is 1.22 bits per heavy atom. The molecule has 1 aliphatic carbocycles. The van der Waals surface area contributed by atoms with Crippen LogP contribution < -0.4 is 9.46 Å². The Balaban J connectivity index is 2.45. The standard InChI is InChI=1S/C20H32N2O4S/c1-13(2)14(3)22(16-9-10-16)19(23)15-8-11-17(26-7)18(12-15)27(24,25)21-20(4,5)6/h8,11-14,16,21H,9-10H2,1-7H3. The van der Waals surface area contributed by atoms with Gasteiger partial charge in [-0.05, 0) is 64.7 Å². The number of rotatable bonds is 7. The lowest BCUT2D eigenvalue weighted by Crippen LogP contribution is -2.43. The molecular weight excluding hydrogens is 364 g/mol. The van der Waals surface area contributed by atoms with Crippen molar-refractivity contribution in [3.05, 3.63) is 23.8 Å². The van der Waals surface area contributed by atoms with Gasteiger partial charge in [-0.3, -0.25) is 4.79 Å². The molecule has 0 saturated heterocycles.